The number of hydrogen-bond acceptors (Lipinski definition) is 8. The molecule has 0 aliphatic carbocycles. The van der Waals surface area contributed by atoms with Crippen LogP contribution in [0.15, 0.2) is 12.7 Å². The van der Waals surface area contributed by atoms with Crippen LogP contribution in [0.5, 0.6) is 0 Å². The smallest absolute Gasteiger partial charge is 0.219 e. The van der Waals surface area contributed by atoms with E-state index in [0.29, 0.717) is 29.9 Å². The van der Waals surface area contributed by atoms with Crippen molar-refractivity contribution in [2.75, 3.05) is 25.0 Å². The van der Waals surface area contributed by atoms with E-state index in [9.17, 15) is 15.0 Å². The SMILES string of the molecule is CC(=O)N1CCC(Nc2ncnc3c2ncn3[C@@H]2O[C@H](CO)C[C@H]2O)C1. The number of imidazole rings is 1. The maximum absolute atomic E-state index is 11.5. The third-order valence-electron chi connectivity index (χ3n) is 4.98. The lowest BCUT2D eigenvalue weighted by atomic mass is 10.2. The van der Waals surface area contributed by atoms with E-state index in [-0.39, 0.29) is 18.6 Å². The van der Waals surface area contributed by atoms with E-state index < -0.39 is 18.4 Å². The van der Waals surface area contributed by atoms with Crippen molar-refractivity contribution in [2.45, 2.75) is 44.2 Å². The van der Waals surface area contributed by atoms with Crippen LogP contribution in [-0.4, -0.2) is 78.5 Å². The number of aliphatic hydroxyl groups excluding tert-OH is 2. The maximum atomic E-state index is 11.5. The fourth-order valence-electron chi connectivity index (χ4n) is 3.60. The molecule has 10 nitrogen and oxygen atoms in total. The van der Waals surface area contributed by atoms with Crippen molar-refractivity contribution in [2.24, 2.45) is 0 Å². The maximum Gasteiger partial charge on any atom is 0.219 e. The first-order chi connectivity index (χ1) is 12.6. The Balaban J connectivity index is 1.57. The van der Waals surface area contributed by atoms with Crippen LogP contribution in [0.25, 0.3) is 11.2 Å². The Hall–Kier alpha value is -2.30. The summed E-state index contributed by atoms with van der Waals surface area (Å²) in [5.74, 6) is 0.660. The molecular weight excluding hydrogens is 340 g/mol. The molecule has 0 spiro atoms. The lowest BCUT2D eigenvalue weighted by Gasteiger charge is -2.17. The lowest BCUT2D eigenvalue weighted by Crippen LogP contribution is -2.29. The minimum absolute atomic E-state index is 0.0669. The number of hydrogen-bond donors (Lipinski definition) is 3. The Morgan fingerprint density at radius 2 is 2.27 bits per heavy atom. The first kappa shape index (κ1) is 17.1. The van der Waals surface area contributed by atoms with Crippen LogP contribution in [0.1, 0.15) is 26.0 Å². The van der Waals surface area contributed by atoms with Crippen LogP contribution in [0, 0.1) is 0 Å². The number of carbonyl (C=O) groups excluding carboxylic acids is 1. The summed E-state index contributed by atoms with van der Waals surface area (Å²) in [5.41, 5.74) is 1.13. The summed E-state index contributed by atoms with van der Waals surface area (Å²) < 4.78 is 7.35. The number of amides is 1. The number of carbonyl (C=O) groups is 1. The van der Waals surface area contributed by atoms with Gasteiger partial charge < -0.3 is 25.2 Å². The fourth-order valence-corrected chi connectivity index (χ4v) is 3.60. The summed E-state index contributed by atoms with van der Waals surface area (Å²) in [6.07, 6.45) is 2.42. The van der Waals surface area contributed by atoms with Crippen molar-refractivity contribution in [3.8, 4) is 0 Å². The second-order valence-electron chi connectivity index (χ2n) is 6.78. The molecule has 0 bridgehead atoms. The van der Waals surface area contributed by atoms with Crippen LogP contribution in [0.3, 0.4) is 0 Å². The number of nitrogens with zero attached hydrogens (tertiary/aromatic N) is 5. The van der Waals surface area contributed by atoms with Gasteiger partial charge in [0, 0.05) is 32.5 Å². The second-order valence-corrected chi connectivity index (χ2v) is 6.78. The van der Waals surface area contributed by atoms with Gasteiger partial charge in [0.15, 0.2) is 23.2 Å². The molecule has 0 aromatic carbocycles. The van der Waals surface area contributed by atoms with Gasteiger partial charge in [-0.25, -0.2) is 15.0 Å². The Morgan fingerprint density at radius 3 is 2.96 bits per heavy atom. The number of nitrogens with one attached hydrogen (secondary N) is 1. The van der Waals surface area contributed by atoms with Crippen molar-refractivity contribution >= 4 is 22.9 Å². The van der Waals surface area contributed by atoms with E-state index in [0.717, 1.165) is 13.0 Å². The van der Waals surface area contributed by atoms with Gasteiger partial charge in [0.2, 0.25) is 5.91 Å². The number of fused-ring (bicyclic) bond motifs is 1. The van der Waals surface area contributed by atoms with Gasteiger partial charge in [-0.2, -0.15) is 0 Å². The first-order valence-corrected chi connectivity index (χ1v) is 8.70. The van der Waals surface area contributed by atoms with Gasteiger partial charge >= 0.3 is 0 Å². The number of aromatic nitrogens is 4. The van der Waals surface area contributed by atoms with Crippen molar-refractivity contribution in [1.29, 1.82) is 0 Å². The Bertz CT molecular complexity index is 811. The summed E-state index contributed by atoms with van der Waals surface area (Å²) in [7, 11) is 0. The molecule has 3 N–H and O–H groups in total. The highest BCUT2D eigenvalue weighted by atomic mass is 16.5. The monoisotopic (exact) mass is 362 g/mol. The van der Waals surface area contributed by atoms with Gasteiger partial charge in [-0.3, -0.25) is 9.36 Å². The molecule has 1 unspecified atom stereocenters. The number of aliphatic hydroxyl groups is 2. The Morgan fingerprint density at radius 1 is 1.42 bits per heavy atom. The first-order valence-electron chi connectivity index (χ1n) is 8.70. The molecule has 0 radical (unpaired) electrons. The van der Waals surface area contributed by atoms with Crippen molar-refractivity contribution in [1.82, 2.24) is 24.4 Å². The van der Waals surface area contributed by atoms with Gasteiger partial charge in [0.1, 0.15) is 12.4 Å². The zero-order chi connectivity index (χ0) is 18.3. The summed E-state index contributed by atoms with van der Waals surface area (Å²) in [5, 5.41) is 22.8. The molecule has 140 valence electrons. The predicted octanol–water partition coefficient (Wildman–Crippen LogP) is -0.500. The van der Waals surface area contributed by atoms with E-state index in [1.165, 1.54) is 6.33 Å². The molecule has 4 rings (SSSR count). The molecule has 2 saturated heterocycles. The molecule has 10 heteroatoms. The van der Waals surface area contributed by atoms with Gasteiger partial charge in [0.25, 0.3) is 0 Å². The molecule has 4 atom stereocenters. The average molecular weight is 362 g/mol. The minimum atomic E-state index is -0.741. The Labute approximate surface area is 149 Å². The minimum Gasteiger partial charge on any atom is -0.394 e. The summed E-state index contributed by atoms with van der Waals surface area (Å²) in [6, 6.07) is 0.106. The lowest BCUT2D eigenvalue weighted by molar-refractivity contribution is -0.127. The van der Waals surface area contributed by atoms with Crippen molar-refractivity contribution in [3.05, 3.63) is 12.7 Å². The van der Waals surface area contributed by atoms with E-state index in [4.69, 9.17) is 4.74 Å². The van der Waals surface area contributed by atoms with E-state index in [2.05, 4.69) is 20.3 Å². The molecule has 2 aliphatic rings. The quantitative estimate of drug-likeness (QED) is 0.665. The molecule has 4 heterocycles. The van der Waals surface area contributed by atoms with E-state index >= 15 is 0 Å². The van der Waals surface area contributed by atoms with Gasteiger partial charge in [-0.05, 0) is 6.42 Å². The fraction of sp³-hybridized carbons (Fsp3) is 0.625. The van der Waals surface area contributed by atoms with Crippen LogP contribution in [0.2, 0.25) is 0 Å². The molecular formula is C16H22N6O4. The van der Waals surface area contributed by atoms with E-state index in [1.54, 1.807) is 22.7 Å². The normalized spacial score (nSPS) is 28.8. The number of rotatable bonds is 4. The summed E-state index contributed by atoms with van der Waals surface area (Å²) in [4.78, 5) is 26.2. The van der Waals surface area contributed by atoms with Gasteiger partial charge in [-0.15, -0.1) is 0 Å². The molecule has 2 aliphatic heterocycles. The largest absolute Gasteiger partial charge is 0.394 e. The Kier molecular flexibility index (Phi) is 4.47. The average Bonchev–Trinajstić information content (AvgIpc) is 3.33. The molecule has 0 saturated carbocycles. The molecule has 2 aromatic heterocycles. The third kappa shape index (κ3) is 3.00. The van der Waals surface area contributed by atoms with E-state index in [1.807, 2.05) is 0 Å². The number of ether oxygens (including phenoxy) is 1. The summed E-state index contributed by atoms with van der Waals surface area (Å²) in [6.45, 7) is 2.78. The molecule has 2 fully saturated rings. The van der Waals surface area contributed by atoms with Crippen LogP contribution < -0.4 is 5.32 Å². The highest BCUT2D eigenvalue weighted by Gasteiger charge is 2.36. The molecule has 26 heavy (non-hydrogen) atoms. The zero-order valence-electron chi connectivity index (χ0n) is 14.4. The van der Waals surface area contributed by atoms with Crippen molar-refractivity contribution < 1.29 is 19.7 Å². The third-order valence-corrected chi connectivity index (χ3v) is 4.98. The highest BCUT2D eigenvalue weighted by Crippen LogP contribution is 2.31. The predicted molar refractivity (Wildman–Crippen MR) is 91.2 cm³/mol. The van der Waals surface area contributed by atoms with Crippen LogP contribution in [0.4, 0.5) is 5.82 Å². The van der Waals surface area contributed by atoms with Gasteiger partial charge in [0.05, 0.1) is 19.0 Å². The standard InChI is InChI=1S/C16H22N6O4/c1-9(24)21-3-2-10(5-21)20-14-13-15(18-7-17-14)22(8-19-13)16-12(25)4-11(6-23)26-16/h7-8,10-12,16,23,25H,2-6H2,1H3,(H,17,18,20)/t10?,11-,12+,16+/m0/s1. The summed E-state index contributed by atoms with van der Waals surface area (Å²) >= 11 is 0. The topological polar surface area (TPSA) is 126 Å². The number of anilines is 1. The molecule has 1 amide bonds. The van der Waals surface area contributed by atoms with Crippen LogP contribution >= 0.6 is 0 Å². The van der Waals surface area contributed by atoms with Gasteiger partial charge in [-0.1, -0.05) is 0 Å². The second kappa shape index (κ2) is 6.78. The van der Waals surface area contributed by atoms with Crippen molar-refractivity contribution in [3.63, 3.8) is 0 Å². The zero-order valence-corrected chi connectivity index (χ0v) is 14.4. The molecule has 2 aromatic rings. The van der Waals surface area contributed by atoms with Crippen LogP contribution in [-0.2, 0) is 9.53 Å². The number of likely N-dealkylation sites (tertiary alicyclic amines) is 1. The highest BCUT2D eigenvalue weighted by molar-refractivity contribution is 5.83.